The van der Waals surface area contributed by atoms with E-state index < -0.39 is 0 Å². The number of amides is 1. The number of nitriles is 1. The lowest BCUT2D eigenvalue weighted by atomic mass is 9.93. The fourth-order valence-electron chi connectivity index (χ4n) is 3.61. The van der Waals surface area contributed by atoms with Crippen molar-refractivity contribution in [2.45, 2.75) is 18.8 Å². The SMILES string of the molecule is N#Cc1ccccc1-c1ccccc1C(=O)N1CCCC(c2nn[nH]n2)C1. The summed E-state index contributed by atoms with van der Waals surface area (Å²) in [7, 11) is 0. The third-order valence-electron chi connectivity index (χ3n) is 4.93. The summed E-state index contributed by atoms with van der Waals surface area (Å²) < 4.78 is 0. The van der Waals surface area contributed by atoms with Crippen LogP contribution in [0.25, 0.3) is 11.1 Å². The van der Waals surface area contributed by atoms with Crippen LogP contribution in [0.3, 0.4) is 0 Å². The minimum absolute atomic E-state index is 0.0356. The monoisotopic (exact) mass is 358 g/mol. The average Bonchev–Trinajstić information content (AvgIpc) is 3.28. The van der Waals surface area contributed by atoms with Crippen molar-refractivity contribution in [2.24, 2.45) is 0 Å². The number of aromatic amines is 1. The van der Waals surface area contributed by atoms with Crippen LogP contribution in [0.15, 0.2) is 48.5 Å². The number of hydrogen-bond acceptors (Lipinski definition) is 5. The Morgan fingerprint density at radius 2 is 1.93 bits per heavy atom. The molecule has 1 aromatic heterocycles. The molecule has 0 saturated carbocycles. The Bertz CT molecular complexity index is 992. The van der Waals surface area contributed by atoms with Crippen LogP contribution in [0.5, 0.6) is 0 Å². The average molecular weight is 358 g/mol. The zero-order valence-electron chi connectivity index (χ0n) is 14.7. The van der Waals surface area contributed by atoms with Gasteiger partial charge in [-0.3, -0.25) is 4.79 Å². The number of carbonyl (C=O) groups is 1. The molecule has 1 aliphatic rings. The Morgan fingerprint density at radius 3 is 2.70 bits per heavy atom. The molecule has 2 heterocycles. The maximum absolute atomic E-state index is 13.3. The van der Waals surface area contributed by atoms with E-state index in [1.165, 1.54) is 0 Å². The first-order chi connectivity index (χ1) is 13.3. The van der Waals surface area contributed by atoms with Crippen LogP contribution in [0.2, 0.25) is 0 Å². The summed E-state index contributed by atoms with van der Waals surface area (Å²) in [5, 5.41) is 23.7. The normalized spacial score (nSPS) is 16.7. The number of likely N-dealkylation sites (tertiary alicyclic amines) is 1. The van der Waals surface area contributed by atoms with E-state index in [1.807, 2.05) is 47.4 Å². The Balaban J connectivity index is 1.66. The molecule has 134 valence electrons. The molecule has 1 N–H and O–H groups in total. The molecule has 3 aromatic rings. The molecular formula is C20H18N6O. The van der Waals surface area contributed by atoms with E-state index in [9.17, 15) is 10.1 Å². The van der Waals surface area contributed by atoms with E-state index in [2.05, 4.69) is 26.7 Å². The first-order valence-electron chi connectivity index (χ1n) is 8.89. The molecular weight excluding hydrogens is 340 g/mol. The van der Waals surface area contributed by atoms with Gasteiger partial charge in [0.1, 0.15) is 0 Å². The maximum Gasteiger partial charge on any atom is 0.254 e. The second-order valence-corrected chi connectivity index (χ2v) is 6.56. The molecule has 4 rings (SSSR count). The predicted molar refractivity (Wildman–Crippen MR) is 98.6 cm³/mol. The molecule has 2 aromatic carbocycles. The van der Waals surface area contributed by atoms with Crippen LogP contribution in [-0.4, -0.2) is 44.5 Å². The molecule has 7 nitrogen and oxygen atoms in total. The second kappa shape index (κ2) is 7.38. The van der Waals surface area contributed by atoms with E-state index in [-0.39, 0.29) is 11.8 Å². The lowest BCUT2D eigenvalue weighted by Crippen LogP contribution is -2.39. The van der Waals surface area contributed by atoms with Crippen molar-refractivity contribution in [1.29, 1.82) is 5.26 Å². The van der Waals surface area contributed by atoms with Gasteiger partial charge in [0.2, 0.25) is 0 Å². The fraction of sp³-hybridized carbons (Fsp3) is 0.250. The largest absolute Gasteiger partial charge is 0.338 e. The van der Waals surface area contributed by atoms with Crippen molar-refractivity contribution in [2.75, 3.05) is 13.1 Å². The van der Waals surface area contributed by atoms with Crippen molar-refractivity contribution in [3.63, 3.8) is 0 Å². The standard InChI is InChI=1S/C20H18N6O/c21-12-14-6-1-2-8-16(14)17-9-3-4-10-18(17)20(27)26-11-5-7-15(13-26)19-22-24-25-23-19/h1-4,6,8-10,15H,5,7,11,13H2,(H,22,23,24,25). The first kappa shape index (κ1) is 16.9. The molecule has 0 bridgehead atoms. The number of H-pyrrole nitrogens is 1. The Kier molecular flexibility index (Phi) is 4.62. The number of piperidine rings is 1. The van der Waals surface area contributed by atoms with Crippen molar-refractivity contribution in [3.05, 3.63) is 65.5 Å². The number of nitrogens with zero attached hydrogens (tertiary/aromatic N) is 5. The molecule has 0 aliphatic carbocycles. The van der Waals surface area contributed by atoms with Crippen LogP contribution in [0, 0.1) is 11.3 Å². The van der Waals surface area contributed by atoms with Crippen LogP contribution in [0.1, 0.15) is 40.5 Å². The van der Waals surface area contributed by atoms with E-state index in [0.717, 1.165) is 24.0 Å². The summed E-state index contributed by atoms with van der Waals surface area (Å²) in [6.07, 6.45) is 1.82. The summed E-state index contributed by atoms with van der Waals surface area (Å²) >= 11 is 0. The highest BCUT2D eigenvalue weighted by molar-refractivity contribution is 6.01. The van der Waals surface area contributed by atoms with Crippen molar-refractivity contribution >= 4 is 5.91 Å². The maximum atomic E-state index is 13.3. The molecule has 27 heavy (non-hydrogen) atoms. The van der Waals surface area contributed by atoms with Gasteiger partial charge in [0.15, 0.2) is 5.82 Å². The Hall–Kier alpha value is -3.53. The van der Waals surface area contributed by atoms with Crippen LogP contribution >= 0.6 is 0 Å². The highest BCUT2D eigenvalue weighted by Gasteiger charge is 2.29. The highest BCUT2D eigenvalue weighted by Crippen LogP contribution is 2.30. The minimum atomic E-state index is -0.0356. The van der Waals surface area contributed by atoms with Gasteiger partial charge in [-0.25, -0.2) is 0 Å². The molecule has 1 fully saturated rings. The van der Waals surface area contributed by atoms with Crippen molar-refractivity contribution < 1.29 is 4.79 Å². The molecule has 7 heteroatoms. The lowest BCUT2D eigenvalue weighted by molar-refractivity contribution is 0.0705. The van der Waals surface area contributed by atoms with Gasteiger partial charge in [-0.05, 0) is 30.5 Å². The van der Waals surface area contributed by atoms with E-state index >= 15 is 0 Å². The number of tetrazole rings is 1. The number of hydrogen-bond donors (Lipinski definition) is 1. The first-order valence-corrected chi connectivity index (χ1v) is 8.89. The summed E-state index contributed by atoms with van der Waals surface area (Å²) in [6.45, 7) is 1.26. The van der Waals surface area contributed by atoms with Crippen LogP contribution in [-0.2, 0) is 0 Å². The number of aromatic nitrogens is 4. The van der Waals surface area contributed by atoms with Crippen molar-refractivity contribution in [3.8, 4) is 17.2 Å². The summed E-state index contributed by atoms with van der Waals surface area (Å²) in [6, 6.07) is 17.0. The topological polar surface area (TPSA) is 98.6 Å². The van der Waals surface area contributed by atoms with Gasteiger partial charge >= 0.3 is 0 Å². The summed E-state index contributed by atoms with van der Waals surface area (Å²) in [5.41, 5.74) is 2.71. The van der Waals surface area contributed by atoms with E-state index in [1.54, 1.807) is 6.07 Å². The number of nitrogens with one attached hydrogen (secondary N) is 1. The van der Waals surface area contributed by atoms with E-state index in [0.29, 0.717) is 30.0 Å². The third kappa shape index (κ3) is 3.29. The zero-order chi connectivity index (χ0) is 18.6. The van der Waals surface area contributed by atoms with Crippen LogP contribution in [0.4, 0.5) is 0 Å². The molecule has 0 radical (unpaired) electrons. The third-order valence-corrected chi connectivity index (χ3v) is 4.93. The molecule has 0 spiro atoms. The molecule has 1 saturated heterocycles. The lowest BCUT2D eigenvalue weighted by Gasteiger charge is -2.31. The molecule has 1 unspecified atom stereocenters. The smallest absolute Gasteiger partial charge is 0.254 e. The number of carbonyl (C=O) groups excluding carboxylic acids is 1. The Morgan fingerprint density at radius 1 is 1.15 bits per heavy atom. The van der Waals surface area contributed by atoms with Gasteiger partial charge in [-0.15, -0.1) is 10.2 Å². The van der Waals surface area contributed by atoms with Crippen LogP contribution < -0.4 is 0 Å². The van der Waals surface area contributed by atoms with Crippen molar-refractivity contribution in [1.82, 2.24) is 25.5 Å². The Labute approximate surface area is 156 Å². The van der Waals surface area contributed by atoms with Gasteiger partial charge < -0.3 is 4.90 Å². The predicted octanol–water partition coefficient (Wildman–Crippen LogP) is 2.76. The zero-order valence-corrected chi connectivity index (χ0v) is 14.7. The molecule has 1 aliphatic heterocycles. The summed E-state index contributed by atoms with van der Waals surface area (Å²) in [5.74, 6) is 0.696. The van der Waals surface area contributed by atoms with Gasteiger partial charge in [0, 0.05) is 30.1 Å². The number of benzene rings is 2. The fourth-order valence-corrected chi connectivity index (χ4v) is 3.61. The van der Waals surface area contributed by atoms with Gasteiger partial charge in [0.25, 0.3) is 5.91 Å². The quantitative estimate of drug-likeness (QED) is 0.776. The van der Waals surface area contributed by atoms with E-state index in [4.69, 9.17) is 0 Å². The number of rotatable bonds is 3. The van der Waals surface area contributed by atoms with Gasteiger partial charge in [-0.1, -0.05) is 41.6 Å². The minimum Gasteiger partial charge on any atom is -0.338 e. The van der Waals surface area contributed by atoms with Gasteiger partial charge in [-0.2, -0.15) is 10.5 Å². The second-order valence-electron chi connectivity index (χ2n) is 6.56. The van der Waals surface area contributed by atoms with Gasteiger partial charge in [0.05, 0.1) is 11.6 Å². The molecule has 1 atom stereocenters. The summed E-state index contributed by atoms with van der Waals surface area (Å²) in [4.78, 5) is 15.1. The highest BCUT2D eigenvalue weighted by atomic mass is 16.2. The molecule has 1 amide bonds.